The third kappa shape index (κ3) is 3.92. The highest BCUT2D eigenvalue weighted by Gasteiger charge is 2.19. The van der Waals surface area contributed by atoms with Crippen LogP contribution in [-0.4, -0.2) is 19.7 Å². The van der Waals surface area contributed by atoms with Gasteiger partial charge in [-0.2, -0.15) is 0 Å². The number of para-hydroxylation sites is 1. The first kappa shape index (κ1) is 19.4. The van der Waals surface area contributed by atoms with Crippen molar-refractivity contribution in [2.24, 2.45) is 0 Å². The van der Waals surface area contributed by atoms with Crippen LogP contribution in [0, 0.1) is 13.8 Å². The van der Waals surface area contributed by atoms with Gasteiger partial charge < -0.3 is 8.83 Å². The molecule has 5 rings (SSSR count). The summed E-state index contributed by atoms with van der Waals surface area (Å²) in [4.78, 5) is 4.64. The first-order chi connectivity index (χ1) is 15.2. The predicted octanol–water partition coefficient (Wildman–Crippen LogP) is 6.09. The summed E-state index contributed by atoms with van der Waals surface area (Å²) in [6.07, 6.45) is 3.37. The van der Waals surface area contributed by atoms with Crippen LogP contribution in [0.25, 0.3) is 28.5 Å². The van der Waals surface area contributed by atoms with Crippen LogP contribution in [-0.2, 0) is 5.75 Å². The summed E-state index contributed by atoms with van der Waals surface area (Å²) in [7, 11) is 0. The molecule has 0 aliphatic heterocycles. The molecule has 0 saturated heterocycles. The van der Waals surface area contributed by atoms with Crippen molar-refractivity contribution in [1.29, 1.82) is 0 Å². The Hall–Kier alpha value is -3.58. The molecular weight excluding hydrogens is 408 g/mol. The number of furan rings is 1. The highest BCUT2D eigenvalue weighted by molar-refractivity contribution is 7.98. The van der Waals surface area contributed by atoms with Gasteiger partial charge in [0.15, 0.2) is 11.0 Å². The number of hydrogen-bond acceptors (Lipinski definition) is 6. The van der Waals surface area contributed by atoms with Crippen molar-refractivity contribution >= 4 is 11.8 Å². The van der Waals surface area contributed by atoms with Crippen molar-refractivity contribution in [1.82, 2.24) is 19.7 Å². The normalized spacial score (nSPS) is 11.2. The number of aryl methyl sites for hydroxylation is 2. The van der Waals surface area contributed by atoms with E-state index in [9.17, 15) is 0 Å². The highest BCUT2D eigenvalue weighted by Crippen LogP contribution is 2.31. The molecule has 0 unspecified atom stereocenters. The lowest BCUT2D eigenvalue weighted by Crippen LogP contribution is -1.99. The van der Waals surface area contributed by atoms with Crippen LogP contribution >= 0.6 is 11.8 Å². The minimum atomic E-state index is 0.616. The topological polar surface area (TPSA) is 69.9 Å². The molecule has 0 fully saturated rings. The summed E-state index contributed by atoms with van der Waals surface area (Å²) in [5, 5.41) is 9.69. The Morgan fingerprint density at radius 1 is 0.903 bits per heavy atom. The van der Waals surface area contributed by atoms with Gasteiger partial charge in [-0.3, -0.25) is 4.57 Å². The van der Waals surface area contributed by atoms with Crippen molar-refractivity contribution in [2.45, 2.75) is 24.8 Å². The average molecular weight is 429 g/mol. The molecule has 0 N–H and O–H groups in total. The number of aromatic nitrogens is 4. The maximum atomic E-state index is 5.69. The third-order valence-electron chi connectivity index (χ3n) is 4.95. The van der Waals surface area contributed by atoms with Gasteiger partial charge in [-0.05, 0) is 44.2 Å². The Balaban J connectivity index is 1.43. The molecule has 0 aliphatic rings. The molecule has 0 spiro atoms. The van der Waals surface area contributed by atoms with E-state index < -0.39 is 0 Å². The monoisotopic (exact) mass is 428 g/mol. The Labute approximate surface area is 184 Å². The van der Waals surface area contributed by atoms with Gasteiger partial charge in [0.2, 0.25) is 5.89 Å². The maximum Gasteiger partial charge on any atom is 0.226 e. The number of nitrogens with zero attached hydrogens (tertiary/aromatic N) is 4. The van der Waals surface area contributed by atoms with Crippen LogP contribution in [0.4, 0.5) is 0 Å². The molecule has 0 aliphatic carbocycles. The van der Waals surface area contributed by atoms with Gasteiger partial charge in [0.25, 0.3) is 0 Å². The van der Waals surface area contributed by atoms with Gasteiger partial charge in [-0.1, -0.05) is 47.7 Å². The number of thioether (sulfide) groups is 1. The second-order valence-electron chi connectivity index (χ2n) is 7.17. The fraction of sp³-hybridized carbons (Fsp3) is 0.125. The SMILES string of the molecule is Cc1ccc(-c2nc(CSc3nnc(-c4ccoc4C)n3-c3ccccc3)co2)cc1. The highest BCUT2D eigenvalue weighted by atomic mass is 32.2. The molecule has 7 heteroatoms. The summed E-state index contributed by atoms with van der Waals surface area (Å²) in [5.41, 5.74) is 4.93. The zero-order chi connectivity index (χ0) is 21.2. The summed E-state index contributed by atoms with van der Waals surface area (Å²) in [6.45, 7) is 3.98. The van der Waals surface area contributed by atoms with E-state index in [-0.39, 0.29) is 0 Å². The van der Waals surface area contributed by atoms with E-state index in [4.69, 9.17) is 8.83 Å². The molecule has 3 heterocycles. The molecule has 5 aromatic rings. The first-order valence-corrected chi connectivity index (χ1v) is 10.9. The predicted molar refractivity (Wildman–Crippen MR) is 120 cm³/mol. The second kappa shape index (κ2) is 8.28. The molecule has 0 amide bonds. The van der Waals surface area contributed by atoms with E-state index >= 15 is 0 Å². The average Bonchev–Trinajstić information content (AvgIpc) is 3.53. The molecule has 154 valence electrons. The maximum absolute atomic E-state index is 5.69. The Kier molecular flexibility index (Phi) is 5.18. The van der Waals surface area contributed by atoms with Crippen molar-refractivity contribution in [3.8, 4) is 28.5 Å². The summed E-state index contributed by atoms with van der Waals surface area (Å²) in [5.74, 6) is 2.79. The first-order valence-electron chi connectivity index (χ1n) is 9.88. The molecule has 0 radical (unpaired) electrons. The smallest absolute Gasteiger partial charge is 0.226 e. The number of benzene rings is 2. The van der Waals surface area contributed by atoms with E-state index in [1.54, 1.807) is 24.3 Å². The van der Waals surface area contributed by atoms with Crippen molar-refractivity contribution in [2.75, 3.05) is 0 Å². The minimum absolute atomic E-state index is 0.616. The summed E-state index contributed by atoms with van der Waals surface area (Å²) in [6, 6.07) is 20.1. The lowest BCUT2D eigenvalue weighted by atomic mass is 10.1. The van der Waals surface area contributed by atoms with Crippen LogP contribution in [0.5, 0.6) is 0 Å². The summed E-state index contributed by atoms with van der Waals surface area (Å²) >= 11 is 1.57. The molecule has 2 aromatic carbocycles. The fourth-order valence-corrected chi connectivity index (χ4v) is 4.13. The molecule has 31 heavy (non-hydrogen) atoms. The zero-order valence-corrected chi connectivity index (χ0v) is 18.0. The minimum Gasteiger partial charge on any atom is -0.469 e. The van der Waals surface area contributed by atoms with E-state index in [2.05, 4.69) is 34.2 Å². The van der Waals surface area contributed by atoms with Crippen LogP contribution in [0.1, 0.15) is 17.0 Å². The van der Waals surface area contributed by atoms with Gasteiger partial charge in [0.05, 0.1) is 17.5 Å². The lowest BCUT2D eigenvalue weighted by Gasteiger charge is -2.09. The van der Waals surface area contributed by atoms with Crippen LogP contribution in [0.3, 0.4) is 0 Å². The van der Waals surface area contributed by atoms with Crippen molar-refractivity contribution < 1.29 is 8.83 Å². The molecule has 0 atom stereocenters. The van der Waals surface area contributed by atoms with Gasteiger partial charge in [-0.25, -0.2) is 4.98 Å². The second-order valence-corrected chi connectivity index (χ2v) is 8.11. The van der Waals surface area contributed by atoms with E-state index in [0.29, 0.717) is 11.6 Å². The van der Waals surface area contributed by atoms with Crippen molar-refractivity contribution in [3.63, 3.8) is 0 Å². The Morgan fingerprint density at radius 3 is 2.45 bits per heavy atom. The standard InChI is InChI=1S/C24H20N4O2S/c1-16-8-10-18(11-9-16)23-25-19(14-30-23)15-31-24-27-26-22(21-12-13-29-17(21)2)28(24)20-6-4-3-5-7-20/h3-14H,15H2,1-2H3. The number of hydrogen-bond donors (Lipinski definition) is 0. The summed E-state index contributed by atoms with van der Waals surface area (Å²) < 4.78 is 13.2. The zero-order valence-electron chi connectivity index (χ0n) is 17.1. The van der Waals surface area contributed by atoms with E-state index in [1.807, 2.05) is 60.0 Å². The van der Waals surface area contributed by atoms with Gasteiger partial charge in [-0.15, -0.1) is 10.2 Å². The Morgan fingerprint density at radius 2 is 1.71 bits per heavy atom. The third-order valence-corrected chi connectivity index (χ3v) is 5.91. The van der Waals surface area contributed by atoms with Gasteiger partial charge >= 0.3 is 0 Å². The van der Waals surface area contributed by atoms with Gasteiger partial charge in [0.1, 0.15) is 12.0 Å². The molecule has 0 saturated carbocycles. The van der Waals surface area contributed by atoms with Crippen LogP contribution in [0.2, 0.25) is 0 Å². The molecule has 6 nitrogen and oxygen atoms in total. The molecular formula is C24H20N4O2S. The number of rotatable bonds is 6. The largest absolute Gasteiger partial charge is 0.469 e. The Bertz CT molecular complexity index is 1300. The quantitative estimate of drug-likeness (QED) is 0.305. The number of oxazole rings is 1. The molecule has 3 aromatic heterocycles. The molecule has 0 bridgehead atoms. The van der Waals surface area contributed by atoms with E-state index in [1.165, 1.54) is 5.56 Å². The lowest BCUT2D eigenvalue weighted by molar-refractivity contribution is 0.535. The van der Waals surface area contributed by atoms with Crippen molar-refractivity contribution in [3.05, 3.63) is 90.2 Å². The fourth-order valence-electron chi connectivity index (χ4n) is 3.31. The van der Waals surface area contributed by atoms with Crippen LogP contribution < -0.4 is 0 Å². The van der Waals surface area contributed by atoms with Crippen LogP contribution in [0.15, 0.2) is 87.2 Å². The van der Waals surface area contributed by atoms with E-state index in [0.717, 1.165) is 39.2 Å². The van der Waals surface area contributed by atoms with Gasteiger partial charge in [0, 0.05) is 17.0 Å².